The zero-order valence-electron chi connectivity index (χ0n) is 24.1. The van der Waals surface area contributed by atoms with Gasteiger partial charge >= 0.3 is 0 Å². The summed E-state index contributed by atoms with van der Waals surface area (Å²) in [6.07, 6.45) is 8.73. The molecule has 10 heteroatoms. The normalized spacial score (nSPS) is 35.8. The van der Waals surface area contributed by atoms with Crippen LogP contribution in [0.3, 0.4) is 0 Å². The smallest absolute Gasteiger partial charge is 0.246 e. The number of nitrogens with one attached hydrogen (secondary N) is 2. The predicted octanol–water partition coefficient (Wildman–Crippen LogP) is 3.10. The van der Waals surface area contributed by atoms with Crippen molar-refractivity contribution in [3.8, 4) is 11.8 Å². The Morgan fingerprint density at radius 1 is 1.27 bits per heavy atom. The maximum Gasteiger partial charge on any atom is 0.246 e. The van der Waals surface area contributed by atoms with Crippen molar-refractivity contribution in [2.75, 3.05) is 39.8 Å². The maximum absolute atomic E-state index is 12.5. The lowest BCUT2D eigenvalue weighted by Gasteiger charge is -2.55. The Hall–Kier alpha value is -2.19. The first kappa shape index (κ1) is 28.9. The van der Waals surface area contributed by atoms with E-state index in [1.165, 1.54) is 18.1 Å². The second kappa shape index (κ2) is 12.2. The molecule has 222 valence electrons. The fourth-order valence-corrected chi connectivity index (χ4v) is 8.01. The molecule has 7 atom stereocenters. The minimum Gasteiger partial charge on any atom is -0.487 e. The van der Waals surface area contributed by atoms with E-state index >= 15 is 0 Å². The summed E-state index contributed by atoms with van der Waals surface area (Å²) in [4.78, 5) is 19.2. The van der Waals surface area contributed by atoms with Crippen molar-refractivity contribution in [2.24, 2.45) is 5.92 Å². The summed E-state index contributed by atoms with van der Waals surface area (Å²) in [6, 6.07) is 8.79. The van der Waals surface area contributed by atoms with Crippen LogP contribution in [0.1, 0.15) is 50.5 Å². The summed E-state index contributed by atoms with van der Waals surface area (Å²) in [5.41, 5.74) is 1.01. The monoisotopic (exact) mass is 582 g/mol. The molecule has 41 heavy (non-hydrogen) atoms. The first-order valence-corrected chi connectivity index (χ1v) is 15.6. The molecular weight excluding hydrogens is 540 g/mol. The van der Waals surface area contributed by atoms with Crippen LogP contribution in [0.4, 0.5) is 0 Å². The third-order valence-electron chi connectivity index (χ3n) is 10.2. The minimum absolute atomic E-state index is 0.0809. The van der Waals surface area contributed by atoms with Crippen molar-refractivity contribution in [1.29, 1.82) is 5.26 Å². The molecule has 1 saturated carbocycles. The number of amides is 1. The number of rotatable bonds is 6. The van der Waals surface area contributed by atoms with E-state index in [0.29, 0.717) is 43.1 Å². The molecule has 4 fully saturated rings. The van der Waals surface area contributed by atoms with Gasteiger partial charge in [0.05, 0.1) is 31.3 Å². The van der Waals surface area contributed by atoms with Crippen LogP contribution in [0.15, 0.2) is 30.9 Å². The van der Waals surface area contributed by atoms with E-state index in [2.05, 4.69) is 46.2 Å². The molecule has 1 spiro atoms. The van der Waals surface area contributed by atoms with Crippen LogP contribution >= 0.6 is 11.6 Å². The van der Waals surface area contributed by atoms with Crippen LogP contribution < -0.4 is 15.4 Å². The maximum atomic E-state index is 12.5. The number of likely N-dealkylation sites (tertiary alicyclic amines) is 1. The molecule has 4 heterocycles. The van der Waals surface area contributed by atoms with E-state index in [4.69, 9.17) is 21.1 Å². The molecule has 1 aromatic carbocycles. The number of carbonyl (C=O) groups is 1. The average molecular weight is 583 g/mol. The van der Waals surface area contributed by atoms with Gasteiger partial charge < -0.3 is 19.3 Å². The van der Waals surface area contributed by atoms with E-state index in [9.17, 15) is 10.1 Å². The van der Waals surface area contributed by atoms with Crippen LogP contribution in [0.2, 0.25) is 5.02 Å². The Balaban J connectivity index is 1.21. The summed E-state index contributed by atoms with van der Waals surface area (Å²) in [7, 11) is 2.18. The highest BCUT2D eigenvalue weighted by molar-refractivity contribution is 6.30. The van der Waals surface area contributed by atoms with Crippen LogP contribution in [0.5, 0.6) is 5.75 Å². The highest BCUT2D eigenvalue weighted by Crippen LogP contribution is 2.46. The Bertz CT molecular complexity index is 1180. The molecular formula is C31H43ClN6O3. The van der Waals surface area contributed by atoms with Gasteiger partial charge in [-0.1, -0.05) is 24.2 Å². The fourth-order valence-electron chi connectivity index (χ4n) is 7.85. The fraction of sp³-hybridized carbons (Fsp3) is 0.677. The van der Waals surface area contributed by atoms with Gasteiger partial charge in [-0.05, 0) is 75.9 Å². The number of likely N-dealkylation sites (N-methyl/N-ethyl adjacent to an activating group) is 1. The van der Waals surface area contributed by atoms with Crippen molar-refractivity contribution >= 4 is 17.5 Å². The summed E-state index contributed by atoms with van der Waals surface area (Å²) in [5.74, 6) is 1.17. The van der Waals surface area contributed by atoms with Gasteiger partial charge in [-0.3, -0.25) is 20.3 Å². The molecule has 6 unspecified atom stereocenters. The van der Waals surface area contributed by atoms with Crippen molar-refractivity contribution in [2.45, 2.75) is 87.6 Å². The molecule has 4 aliphatic heterocycles. The highest BCUT2D eigenvalue weighted by atomic mass is 35.5. The van der Waals surface area contributed by atoms with Crippen LogP contribution in [0.25, 0.3) is 0 Å². The Morgan fingerprint density at radius 2 is 2.15 bits per heavy atom. The summed E-state index contributed by atoms with van der Waals surface area (Å²) in [5, 5.41) is 17.9. The lowest BCUT2D eigenvalue weighted by atomic mass is 9.70. The van der Waals surface area contributed by atoms with Gasteiger partial charge in [0.2, 0.25) is 5.91 Å². The molecule has 1 aliphatic carbocycles. The van der Waals surface area contributed by atoms with Gasteiger partial charge in [0.1, 0.15) is 11.4 Å². The second-order valence-electron chi connectivity index (χ2n) is 12.6. The van der Waals surface area contributed by atoms with E-state index in [-0.39, 0.29) is 36.1 Å². The van der Waals surface area contributed by atoms with Gasteiger partial charge in [0, 0.05) is 49.1 Å². The zero-order chi connectivity index (χ0) is 28.6. The third-order valence-corrected chi connectivity index (χ3v) is 10.4. The summed E-state index contributed by atoms with van der Waals surface area (Å²) in [6.45, 7) is 7.45. The molecule has 0 radical (unpaired) electrons. The number of carbonyl (C=O) groups excluding carboxylic acids is 1. The molecule has 6 rings (SSSR count). The molecule has 3 saturated heterocycles. The van der Waals surface area contributed by atoms with Gasteiger partial charge in [-0.2, -0.15) is 5.26 Å². The van der Waals surface area contributed by atoms with Crippen molar-refractivity contribution in [1.82, 2.24) is 25.3 Å². The van der Waals surface area contributed by atoms with Crippen LogP contribution in [-0.4, -0.2) is 96.7 Å². The van der Waals surface area contributed by atoms with Crippen molar-refractivity contribution < 1.29 is 14.3 Å². The topological polar surface area (TPSA) is 93.1 Å². The molecule has 5 aliphatic rings. The highest BCUT2D eigenvalue weighted by Gasteiger charge is 2.51. The van der Waals surface area contributed by atoms with Crippen LogP contribution in [-0.2, 0) is 16.0 Å². The van der Waals surface area contributed by atoms with Gasteiger partial charge in [-0.25, -0.2) is 0 Å². The minimum atomic E-state index is -0.280. The lowest BCUT2D eigenvalue weighted by Crippen LogP contribution is -2.73. The largest absolute Gasteiger partial charge is 0.487 e. The van der Waals surface area contributed by atoms with Gasteiger partial charge in [0.15, 0.2) is 6.35 Å². The van der Waals surface area contributed by atoms with E-state index < -0.39 is 0 Å². The number of halogens is 1. The van der Waals surface area contributed by atoms with E-state index in [1.807, 2.05) is 17.0 Å². The molecule has 1 aromatic rings. The van der Waals surface area contributed by atoms with Crippen molar-refractivity contribution in [3.63, 3.8) is 0 Å². The standard InChI is InChI=1S/C31H43ClN6O3/c1-3-28(39)38-16-15-37(19-23(38)10-13-33)29-25-9-12-31(11-8-21-6-7-22(32)17-27(21)41-31)18-26(25)34-30(35-29)40-20-24-5-4-14-36(24)2/h3,6-7,17,23-26,29-30,34-35H,1,4-5,8-12,14-16,18-20H2,2H3/t23?,24?,25?,26?,29?,30?,31-/m1/s1. The first-order valence-electron chi connectivity index (χ1n) is 15.2. The van der Waals surface area contributed by atoms with Crippen LogP contribution in [0, 0.1) is 17.2 Å². The molecule has 2 N–H and O–H groups in total. The SMILES string of the molecule is C=CC(=O)N1CCN(C2NC(OCC3CCCN3C)NC3C[C@@]4(CCc5ccc(Cl)cc5O4)CCC32)CC1CC#N. The number of nitrogens with zero attached hydrogens (tertiary/aromatic N) is 4. The molecule has 0 bridgehead atoms. The second-order valence-corrected chi connectivity index (χ2v) is 13.0. The Labute approximate surface area is 248 Å². The van der Waals surface area contributed by atoms with Gasteiger partial charge in [0.25, 0.3) is 0 Å². The molecule has 9 nitrogen and oxygen atoms in total. The van der Waals surface area contributed by atoms with Crippen molar-refractivity contribution in [3.05, 3.63) is 41.4 Å². The number of benzene rings is 1. The number of ether oxygens (including phenoxy) is 2. The third kappa shape index (κ3) is 6.01. The summed E-state index contributed by atoms with van der Waals surface area (Å²) >= 11 is 6.33. The average Bonchev–Trinajstić information content (AvgIpc) is 3.39. The number of nitriles is 1. The Kier molecular flexibility index (Phi) is 8.60. The lowest BCUT2D eigenvalue weighted by molar-refractivity contribution is -0.139. The number of fused-ring (bicyclic) bond motifs is 2. The number of aryl methyl sites for hydroxylation is 1. The Morgan fingerprint density at radius 3 is 2.93 bits per heavy atom. The number of hydrogen-bond acceptors (Lipinski definition) is 8. The van der Waals surface area contributed by atoms with E-state index in [1.54, 1.807) is 0 Å². The molecule has 0 aromatic heterocycles. The zero-order valence-corrected chi connectivity index (χ0v) is 24.8. The number of hydrogen-bond donors (Lipinski definition) is 2. The molecule has 1 amide bonds. The number of piperazine rings is 1. The van der Waals surface area contributed by atoms with E-state index in [0.717, 1.165) is 57.4 Å². The predicted molar refractivity (Wildman–Crippen MR) is 157 cm³/mol. The first-order chi connectivity index (χ1) is 19.9. The quantitative estimate of drug-likeness (QED) is 0.495. The van der Waals surface area contributed by atoms with Gasteiger partial charge in [-0.15, -0.1) is 0 Å². The summed E-state index contributed by atoms with van der Waals surface area (Å²) < 4.78 is 13.3.